The van der Waals surface area contributed by atoms with Gasteiger partial charge in [0.1, 0.15) is 0 Å². The number of aryl methyl sites for hydroxylation is 3. The van der Waals surface area contributed by atoms with E-state index in [1.54, 1.807) is 6.26 Å². The van der Waals surface area contributed by atoms with Crippen molar-refractivity contribution in [2.24, 2.45) is 17.3 Å². The Balaban J connectivity index is 0.000000186. The summed E-state index contributed by atoms with van der Waals surface area (Å²) in [6.07, 6.45) is 16.9. The third-order valence-electron chi connectivity index (χ3n) is 12.5. The Morgan fingerprint density at radius 3 is 2.00 bits per heavy atom. The average Bonchev–Trinajstić information content (AvgIpc) is 3.97. The largest absolute Gasteiger partial charge is 0.512 e. The van der Waals surface area contributed by atoms with Gasteiger partial charge < -0.3 is 19.5 Å². The second-order valence-corrected chi connectivity index (χ2v) is 18.9. The zero-order chi connectivity index (χ0) is 45.3. The van der Waals surface area contributed by atoms with Crippen LogP contribution in [0, 0.1) is 50.2 Å². The third-order valence-corrected chi connectivity index (χ3v) is 12.5. The van der Waals surface area contributed by atoms with E-state index in [0.717, 1.165) is 82.5 Å². The monoisotopic (exact) mass is 1030 g/mol. The van der Waals surface area contributed by atoms with E-state index in [1.165, 1.54) is 70.2 Å². The molecule has 6 heteroatoms. The molecule has 0 spiro atoms. The van der Waals surface area contributed by atoms with Crippen LogP contribution in [0.2, 0.25) is 0 Å². The van der Waals surface area contributed by atoms with E-state index < -0.39 is 0 Å². The fourth-order valence-electron chi connectivity index (χ4n) is 9.20. The van der Waals surface area contributed by atoms with Gasteiger partial charge in [-0.25, -0.2) is 0 Å². The molecule has 0 atom stereocenters. The van der Waals surface area contributed by atoms with Crippen molar-refractivity contribution in [3.05, 3.63) is 143 Å². The molecule has 8 rings (SSSR count). The van der Waals surface area contributed by atoms with Crippen LogP contribution in [-0.2, 0) is 31.3 Å². The van der Waals surface area contributed by atoms with Crippen LogP contribution in [0.5, 0.6) is 0 Å². The number of carbonyl (C=O) groups is 1. The number of pyridine rings is 2. The summed E-state index contributed by atoms with van der Waals surface area (Å²) in [6, 6.07) is 33.2. The number of aromatic nitrogens is 2. The SMILES string of the molecule is CCC(CC)C(=O)/C=C(\O)C(CC)CC.Cc1[c-]c(-c2nccc3cc(C4CCCC4)ccc23)cc(C)c1.Cc1[c-]c(-c2nccc3cc(CC(C)(C)C)ccc23)c2occc2c1.[Ir]. The smallest absolute Gasteiger partial charge is 0.162 e. The van der Waals surface area contributed by atoms with Gasteiger partial charge in [0.25, 0.3) is 0 Å². The van der Waals surface area contributed by atoms with Crippen LogP contribution in [0.15, 0.2) is 108 Å². The first-order chi connectivity index (χ1) is 30.2. The Bertz CT molecular complexity index is 2650. The molecule has 1 saturated carbocycles. The maximum atomic E-state index is 11.7. The van der Waals surface area contributed by atoms with Gasteiger partial charge in [0.05, 0.1) is 17.6 Å². The van der Waals surface area contributed by atoms with Crippen LogP contribution >= 0.6 is 0 Å². The Morgan fingerprint density at radius 2 is 1.36 bits per heavy atom. The number of aliphatic hydroxyl groups is 1. The number of aliphatic hydroxyl groups excluding tert-OH is 1. The first-order valence-corrected chi connectivity index (χ1v) is 23.3. The minimum Gasteiger partial charge on any atom is -0.512 e. The third kappa shape index (κ3) is 12.7. The Hall–Kier alpha value is -4.90. The topological polar surface area (TPSA) is 76.2 Å². The standard InChI is InChI=1S/C23H22NO.C22H22N.C13H24O2.Ir/c1-15-11-18-8-10-25-22(18)20(12-15)21-19-6-5-16(14-23(2,3)4)13-17(19)7-9-24-21;1-15-11-16(2)13-20(12-15)22-21-8-7-18(17-5-3-4-6-17)14-19(21)9-10-23-22;1-5-10(6-2)12(14)9-13(15)11(7-3)8-4;/h5-11,13H,14H2,1-4H3;7-12,14,17H,3-6H2,1-2H3;9-11,14H,5-8H2,1-4H3;/q2*-1;;/b;;12-9-;. The number of benzene rings is 4. The van der Waals surface area contributed by atoms with Crippen LogP contribution in [0.4, 0.5) is 0 Å². The van der Waals surface area contributed by atoms with Crippen molar-refractivity contribution in [3.63, 3.8) is 0 Å². The summed E-state index contributed by atoms with van der Waals surface area (Å²) in [6.45, 7) is 21.2. The predicted molar refractivity (Wildman–Crippen MR) is 264 cm³/mol. The molecular formula is C58H68IrN2O3-2. The maximum absolute atomic E-state index is 11.7. The summed E-state index contributed by atoms with van der Waals surface area (Å²) in [4.78, 5) is 21.0. The Kier molecular flexibility index (Phi) is 17.9. The molecular weight excluding hydrogens is 965 g/mol. The molecule has 0 bridgehead atoms. The van der Waals surface area contributed by atoms with Gasteiger partial charge in [-0.15, -0.1) is 52.6 Å². The molecule has 1 N–H and O–H groups in total. The zero-order valence-corrected chi connectivity index (χ0v) is 42.2. The van der Waals surface area contributed by atoms with E-state index in [0.29, 0.717) is 0 Å². The average molecular weight is 1030 g/mol. The molecule has 0 amide bonds. The van der Waals surface area contributed by atoms with Crippen molar-refractivity contribution in [3.8, 4) is 22.5 Å². The van der Waals surface area contributed by atoms with E-state index in [1.807, 2.05) is 46.2 Å². The van der Waals surface area contributed by atoms with Crippen molar-refractivity contribution in [2.45, 2.75) is 133 Å². The van der Waals surface area contributed by atoms with E-state index in [9.17, 15) is 9.90 Å². The van der Waals surface area contributed by atoms with Crippen molar-refractivity contribution in [1.29, 1.82) is 0 Å². The molecule has 0 unspecified atom stereocenters. The molecule has 4 aromatic carbocycles. The van der Waals surface area contributed by atoms with E-state index >= 15 is 0 Å². The number of furan rings is 1. The second-order valence-electron chi connectivity index (χ2n) is 18.9. The normalized spacial score (nSPS) is 13.2. The molecule has 7 aromatic rings. The number of carbonyl (C=O) groups excluding carboxylic acids is 1. The number of allylic oxidation sites excluding steroid dienone is 2. The first-order valence-electron chi connectivity index (χ1n) is 23.3. The van der Waals surface area contributed by atoms with Gasteiger partial charge in [-0.1, -0.05) is 129 Å². The van der Waals surface area contributed by atoms with Crippen LogP contribution in [-0.4, -0.2) is 20.9 Å². The van der Waals surface area contributed by atoms with Gasteiger partial charge in [0, 0.05) is 50.4 Å². The first kappa shape index (κ1) is 50.1. The summed E-state index contributed by atoms with van der Waals surface area (Å²) < 4.78 is 5.73. The number of ketones is 1. The minimum absolute atomic E-state index is 0. The molecule has 1 radical (unpaired) electrons. The van der Waals surface area contributed by atoms with Crippen molar-refractivity contribution < 1.29 is 34.4 Å². The molecule has 3 aromatic heterocycles. The van der Waals surface area contributed by atoms with Crippen molar-refractivity contribution in [1.82, 2.24) is 9.97 Å². The predicted octanol–water partition coefficient (Wildman–Crippen LogP) is 16.2. The fourth-order valence-corrected chi connectivity index (χ4v) is 9.20. The van der Waals surface area contributed by atoms with Crippen molar-refractivity contribution in [2.75, 3.05) is 0 Å². The molecule has 0 saturated heterocycles. The summed E-state index contributed by atoms with van der Waals surface area (Å²) in [5, 5.41) is 15.7. The van der Waals surface area contributed by atoms with Gasteiger partial charge >= 0.3 is 0 Å². The summed E-state index contributed by atoms with van der Waals surface area (Å²) in [5.74, 6) is 1.30. The second kappa shape index (κ2) is 22.8. The molecule has 3 heterocycles. The van der Waals surface area contributed by atoms with Crippen LogP contribution in [0.3, 0.4) is 0 Å². The minimum atomic E-state index is 0. The number of hydrogen-bond acceptors (Lipinski definition) is 5. The number of rotatable bonds is 11. The summed E-state index contributed by atoms with van der Waals surface area (Å²) in [5.41, 5.74) is 11.5. The van der Waals surface area contributed by atoms with Gasteiger partial charge in [-0.05, 0) is 119 Å². The quantitative estimate of drug-likeness (QED) is 0.0794. The zero-order valence-electron chi connectivity index (χ0n) is 39.8. The van der Waals surface area contributed by atoms with Crippen LogP contribution in [0.25, 0.3) is 55.0 Å². The van der Waals surface area contributed by atoms with Gasteiger partial charge in [-0.2, -0.15) is 0 Å². The van der Waals surface area contributed by atoms with Gasteiger partial charge in [-0.3, -0.25) is 4.79 Å². The molecule has 1 fully saturated rings. The Morgan fingerprint density at radius 1 is 0.750 bits per heavy atom. The summed E-state index contributed by atoms with van der Waals surface area (Å²) in [7, 11) is 0. The molecule has 1 aliphatic rings. The number of fused-ring (bicyclic) bond motifs is 3. The van der Waals surface area contributed by atoms with E-state index in [2.05, 4.69) is 130 Å². The van der Waals surface area contributed by atoms with E-state index in [-0.39, 0.29) is 48.9 Å². The van der Waals surface area contributed by atoms with Gasteiger partial charge in [0.15, 0.2) is 5.78 Å². The molecule has 1 aliphatic carbocycles. The molecule has 339 valence electrons. The fraction of sp³-hybridized carbons (Fsp3) is 0.397. The summed E-state index contributed by atoms with van der Waals surface area (Å²) >= 11 is 0. The molecule has 5 nitrogen and oxygen atoms in total. The maximum Gasteiger partial charge on any atom is 0.162 e. The van der Waals surface area contributed by atoms with Crippen LogP contribution < -0.4 is 0 Å². The van der Waals surface area contributed by atoms with Crippen LogP contribution in [0.1, 0.15) is 134 Å². The number of hydrogen-bond donors (Lipinski definition) is 1. The molecule has 64 heavy (non-hydrogen) atoms. The Labute approximate surface area is 396 Å². The van der Waals surface area contributed by atoms with E-state index in [4.69, 9.17) is 4.42 Å². The number of nitrogens with zero attached hydrogens (tertiary/aromatic N) is 2. The molecule has 0 aliphatic heterocycles. The van der Waals surface area contributed by atoms with Crippen molar-refractivity contribution >= 4 is 38.3 Å². The van der Waals surface area contributed by atoms with Gasteiger partial charge in [0.2, 0.25) is 0 Å².